The molecule has 1 aliphatic heterocycles. The van der Waals surface area contributed by atoms with Gasteiger partial charge in [0.15, 0.2) is 5.54 Å². The zero-order valence-corrected chi connectivity index (χ0v) is 11.3. The Morgan fingerprint density at radius 3 is 2.85 bits per heavy atom. The highest BCUT2D eigenvalue weighted by Gasteiger charge is 2.44. The normalized spacial score (nSPS) is 21.6. The molecule has 1 aromatic heterocycles. The van der Waals surface area contributed by atoms with Crippen molar-refractivity contribution in [1.82, 2.24) is 10.2 Å². The lowest BCUT2D eigenvalue weighted by Crippen LogP contribution is -2.58. The van der Waals surface area contributed by atoms with E-state index in [0.29, 0.717) is 25.5 Å². The Bertz CT molecular complexity index is 465. The van der Waals surface area contributed by atoms with Gasteiger partial charge in [-0.1, -0.05) is 0 Å². The van der Waals surface area contributed by atoms with E-state index in [1.165, 1.54) is 11.2 Å². The third kappa shape index (κ3) is 2.93. The maximum absolute atomic E-state index is 12.2. The zero-order valence-electron chi connectivity index (χ0n) is 11.3. The van der Waals surface area contributed by atoms with Gasteiger partial charge in [0.2, 0.25) is 0 Å². The summed E-state index contributed by atoms with van der Waals surface area (Å²) < 4.78 is 10.3. The first-order valence-corrected chi connectivity index (χ1v) is 6.48. The van der Waals surface area contributed by atoms with E-state index in [0.717, 1.165) is 0 Å². The first-order chi connectivity index (χ1) is 9.57. The van der Waals surface area contributed by atoms with Gasteiger partial charge in [-0.15, -0.1) is 0 Å². The van der Waals surface area contributed by atoms with E-state index in [9.17, 15) is 14.7 Å². The summed E-state index contributed by atoms with van der Waals surface area (Å²) in [5.41, 5.74) is -1.33. The Balaban J connectivity index is 2.03. The van der Waals surface area contributed by atoms with Crippen LogP contribution in [0.3, 0.4) is 0 Å². The van der Waals surface area contributed by atoms with Crippen LogP contribution in [0.5, 0.6) is 0 Å². The Labute approximate surface area is 116 Å². The summed E-state index contributed by atoms with van der Waals surface area (Å²) in [6.07, 6.45) is 1.80. The van der Waals surface area contributed by atoms with Crippen molar-refractivity contribution in [2.45, 2.75) is 25.4 Å². The van der Waals surface area contributed by atoms with Crippen LogP contribution in [-0.4, -0.2) is 47.3 Å². The summed E-state index contributed by atoms with van der Waals surface area (Å²) in [5, 5.41) is 11.9. The van der Waals surface area contributed by atoms with Crippen LogP contribution in [0.4, 0.5) is 4.79 Å². The summed E-state index contributed by atoms with van der Waals surface area (Å²) in [4.78, 5) is 25.1. The van der Waals surface area contributed by atoms with Gasteiger partial charge >= 0.3 is 12.0 Å². The molecule has 1 aromatic rings. The number of amides is 2. The predicted octanol–water partition coefficient (Wildman–Crippen LogP) is 1.05. The topological polar surface area (TPSA) is 92.0 Å². The molecule has 0 spiro atoms. The number of nitrogens with one attached hydrogen (secondary N) is 1. The van der Waals surface area contributed by atoms with Crippen LogP contribution < -0.4 is 5.32 Å². The number of carboxylic acids is 1. The Kier molecular flexibility index (Phi) is 4.29. The molecule has 0 saturated carbocycles. The zero-order chi connectivity index (χ0) is 14.6. The van der Waals surface area contributed by atoms with Gasteiger partial charge < -0.3 is 24.5 Å². The van der Waals surface area contributed by atoms with Gasteiger partial charge in [0.1, 0.15) is 5.76 Å². The van der Waals surface area contributed by atoms with Crippen molar-refractivity contribution < 1.29 is 23.8 Å². The predicted molar refractivity (Wildman–Crippen MR) is 69.1 cm³/mol. The number of aliphatic carboxylic acids is 1. The second-order valence-electron chi connectivity index (χ2n) is 4.71. The fourth-order valence-corrected chi connectivity index (χ4v) is 2.09. The largest absolute Gasteiger partial charge is 0.479 e. The standard InChI is InChI=1S/C13H18N2O5/c1-2-15(8-10-4-3-6-20-10)12(18)14-13(11(16)17)5-7-19-9-13/h3-4,6H,2,5,7-9H2,1H3,(H,14,18)(H,16,17). The number of carbonyl (C=O) groups excluding carboxylic acids is 1. The van der Waals surface area contributed by atoms with Gasteiger partial charge in [0, 0.05) is 19.6 Å². The van der Waals surface area contributed by atoms with Gasteiger partial charge in [-0.05, 0) is 19.1 Å². The summed E-state index contributed by atoms with van der Waals surface area (Å²) in [6, 6.07) is 3.07. The molecule has 2 rings (SSSR count). The van der Waals surface area contributed by atoms with Gasteiger partial charge in [-0.3, -0.25) is 0 Å². The molecule has 1 unspecified atom stereocenters. The molecule has 0 aromatic carbocycles. The number of carboxylic acid groups (broad SMARTS) is 1. The van der Waals surface area contributed by atoms with Gasteiger partial charge in [-0.2, -0.15) is 0 Å². The Morgan fingerprint density at radius 1 is 1.55 bits per heavy atom. The SMILES string of the molecule is CCN(Cc1ccco1)C(=O)NC1(C(=O)O)CCOC1. The number of hydrogen-bond acceptors (Lipinski definition) is 4. The van der Waals surface area contributed by atoms with Crippen LogP contribution in [0.2, 0.25) is 0 Å². The summed E-state index contributed by atoms with van der Waals surface area (Å²) in [5.74, 6) is -0.425. The number of furan rings is 1. The maximum Gasteiger partial charge on any atom is 0.332 e. The van der Waals surface area contributed by atoms with Crippen LogP contribution in [0, 0.1) is 0 Å². The third-order valence-electron chi connectivity index (χ3n) is 3.37. The molecule has 0 bridgehead atoms. The van der Waals surface area contributed by atoms with Crippen molar-refractivity contribution in [1.29, 1.82) is 0 Å². The molecule has 1 fully saturated rings. The fourth-order valence-electron chi connectivity index (χ4n) is 2.09. The molecule has 2 N–H and O–H groups in total. The molecule has 2 amide bonds. The smallest absolute Gasteiger partial charge is 0.332 e. The molecule has 20 heavy (non-hydrogen) atoms. The minimum Gasteiger partial charge on any atom is -0.479 e. The number of ether oxygens (including phenoxy) is 1. The lowest BCUT2D eigenvalue weighted by atomic mass is 9.99. The summed E-state index contributed by atoms with van der Waals surface area (Å²) in [7, 11) is 0. The number of hydrogen-bond donors (Lipinski definition) is 2. The number of carbonyl (C=O) groups is 2. The third-order valence-corrected chi connectivity index (χ3v) is 3.37. The minimum atomic E-state index is -1.33. The molecule has 1 aliphatic rings. The number of nitrogens with zero attached hydrogens (tertiary/aromatic N) is 1. The van der Waals surface area contributed by atoms with Crippen molar-refractivity contribution in [3.05, 3.63) is 24.2 Å². The highest BCUT2D eigenvalue weighted by Crippen LogP contribution is 2.19. The summed E-state index contributed by atoms with van der Waals surface area (Å²) >= 11 is 0. The second kappa shape index (κ2) is 5.96. The monoisotopic (exact) mass is 282 g/mol. The van der Waals surface area contributed by atoms with Crippen molar-refractivity contribution in [3.63, 3.8) is 0 Å². The number of rotatable bonds is 5. The van der Waals surface area contributed by atoms with Gasteiger partial charge in [0.25, 0.3) is 0 Å². The highest BCUT2D eigenvalue weighted by atomic mass is 16.5. The van der Waals surface area contributed by atoms with Crippen LogP contribution in [0.25, 0.3) is 0 Å². The molecule has 0 aliphatic carbocycles. The van der Waals surface area contributed by atoms with E-state index in [2.05, 4.69) is 5.32 Å². The molecule has 110 valence electrons. The lowest BCUT2D eigenvalue weighted by Gasteiger charge is -2.28. The summed E-state index contributed by atoms with van der Waals surface area (Å²) in [6.45, 7) is 2.89. The molecular weight excluding hydrogens is 264 g/mol. The van der Waals surface area contributed by atoms with E-state index in [1.807, 2.05) is 6.92 Å². The van der Waals surface area contributed by atoms with Crippen LogP contribution >= 0.6 is 0 Å². The van der Waals surface area contributed by atoms with Crippen LogP contribution in [-0.2, 0) is 16.1 Å². The lowest BCUT2D eigenvalue weighted by molar-refractivity contribution is -0.144. The van der Waals surface area contributed by atoms with E-state index in [-0.39, 0.29) is 13.0 Å². The van der Waals surface area contributed by atoms with Crippen molar-refractivity contribution in [2.24, 2.45) is 0 Å². The van der Waals surface area contributed by atoms with E-state index < -0.39 is 17.5 Å². The van der Waals surface area contributed by atoms with E-state index in [1.54, 1.807) is 12.1 Å². The first kappa shape index (κ1) is 14.4. The Hall–Kier alpha value is -2.02. The fraction of sp³-hybridized carbons (Fsp3) is 0.538. The van der Waals surface area contributed by atoms with Gasteiger partial charge in [0.05, 0.1) is 19.4 Å². The molecule has 2 heterocycles. The molecule has 1 saturated heterocycles. The van der Waals surface area contributed by atoms with Gasteiger partial charge in [-0.25, -0.2) is 9.59 Å². The number of urea groups is 1. The molecule has 7 heteroatoms. The molecule has 0 radical (unpaired) electrons. The second-order valence-corrected chi connectivity index (χ2v) is 4.71. The van der Waals surface area contributed by atoms with Crippen LogP contribution in [0.15, 0.2) is 22.8 Å². The Morgan fingerprint density at radius 2 is 2.35 bits per heavy atom. The van der Waals surface area contributed by atoms with Crippen molar-refractivity contribution in [3.8, 4) is 0 Å². The average Bonchev–Trinajstić information content (AvgIpc) is 3.07. The quantitative estimate of drug-likeness (QED) is 0.842. The average molecular weight is 282 g/mol. The van der Waals surface area contributed by atoms with Crippen molar-refractivity contribution in [2.75, 3.05) is 19.8 Å². The first-order valence-electron chi connectivity index (χ1n) is 6.48. The van der Waals surface area contributed by atoms with Crippen LogP contribution in [0.1, 0.15) is 19.1 Å². The molecule has 7 nitrogen and oxygen atoms in total. The maximum atomic E-state index is 12.2. The molecule has 1 atom stereocenters. The highest BCUT2D eigenvalue weighted by molar-refractivity contribution is 5.86. The molecular formula is C13H18N2O5. The van der Waals surface area contributed by atoms with E-state index >= 15 is 0 Å². The van der Waals surface area contributed by atoms with Crippen molar-refractivity contribution >= 4 is 12.0 Å². The minimum absolute atomic E-state index is 0.00756. The van der Waals surface area contributed by atoms with E-state index in [4.69, 9.17) is 9.15 Å².